The Hall–Kier alpha value is 0.270. The molecular weight excluding hydrogens is 192 g/mol. The van der Waals surface area contributed by atoms with E-state index >= 15 is 0 Å². The molecule has 82 valence electrons. The predicted molar refractivity (Wildman–Crippen MR) is 63.8 cm³/mol. The second-order valence-corrected chi connectivity index (χ2v) is 5.92. The molecule has 0 aromatic heterocycles. The van der Waals surface area contributed by atoms with Gasteiger partial charge in [-0.3, -0.25) is 0 Å². The van der Waals surface area contributed by atoms with E-state index in [1.165, 1.54) is 63.2 Å². The molecule has 0 aliphatic carbocycles. The second kappa shape index (κ2) is 4.86. The van der Waals surface area contributed by atoms with Gasteiger partial charge in [0.05, 0.1) is 0 Å². The molecule has 1 unspecified atom stereocenters. The average molecular weight is 214 g/mol. The highest BCUT2D eigenvalue weighted by molar-refractivity contribution is 7.99. The molecule has 0 aromatic rings. The summed E-state index contributed by atoms with van der Waals surface area (Å²) in [5, 5.41) is 0. The van der Waals surface area contributed by atoms with Crippen molar-refractivity contribution in [1.29, 1.82) is 0 Å². The Bertz CT molecular complexity index is 172. The fraction of sp³-hybridized carbons (Fsp3) is 1.00. The van der Waals surface area contributed by atoms with Crippen molar-refractivity contribution in [2.75, 3.05) is 31.1 Å². The first-order valence-corrected chi connectivity index (χ1v) is 7.03. The van der Waals surface area contributed by atoms with Crippen LogP contribution in [0, 0.1) is 0 Å². The van der Waals surface area contributed by atoms with Crippen molar-refractivity contribution in [2.24, 2.45) is 5.73 Å². The fourth-order valence-corrected chi connectivity index (χ4v) is 3.65. The molecule has 0 saturated carbocycles. The molecule has 14 heavy (non-hydrogen) atoms. The number of nitrogens with two attached hydrogens (primary N) is 1. The third-order valence-corrected chi connectivity index (χ3v) is 4.83. The van der Waals surface area contributed by atoms with Crippen LogP contribution in [0.2, 0.25) is 0 Å². The van der Waals surface area contributed by atoms with Crippen LogP contribution < -0.4 is 5.73 Å². The van der Waals surface area contributed by atoms with Crippen molar-refractivity contribution in [3.63, 3.8) is 0 Å². The molecule has 2 fully saturated rings. The molecule has 2 saturated heterocycles. The Kier molecular flexibility index (Phi) is 3.74. The summed E-state index contributed by atoms with van der Waals surface area (Å²) in [6, 6.07) is 0. The van der Waals surface area contributed by atoms with E-state index in [1.807, 2.05) is 11.8 Å². The van der Waals surface area contributed by atoms with Crippen LogP contribution in [-0.4, -0.2) is 41.6 Å². The zero-order chi connectivity index (χ0) is 9.86. The number of thioether (sulfide) groups is 1. The third kappa shape index (κ3) is 2.88. The fourth-order valence-electron chi connectivity index (χ4n) is 2.46. The number of nitrogens with zero attached hydrogens (tertiary/aromatic N) is 1. The zero-order valence-corrected chi connectivity index (χ0v) is 9.82. The van der Waals surface area contributed by atoms with Crippen LogP contribution >= 0.6 is 11.8 Å². The van der Waals surface area contributed by atoms with E-state index in [0.717, 1.165) is 0 Å². The summed E-state index contributed by atoms with van der Waals surface area (Å²) in [6.45, 7) is 3.85. The van der Waals surface area contributed by atoms with E-state index < -0.39 is 0 Å². The first kappa shape index (κ1) is 10.8. The second-order valence-electron chi connectivity index (χ2n) is 4.82. The first-order valence-electron chi connectivity index (χ1n) is 5.88. The monoisotopic (exact) mass is 214 g/mol. The van der Waals surface area contributed by atoms with Crippen LogP contribution in [0.25, 0.3) is 0 Å². The maximum atomic E-state index is 6.39. The lowest BCUT2D eigenvalue weighted by atomic mass is 9.92. The molecule has 2 N–H and O–H groups in total. The summed E-state index contributed by atoms with van der Waals surface area (Å²) in [4.78, 5) is 2.58. The van der Waals surface area contributed by atoms with Crippen LogP contribution in [0.5, 0.6) is 0 Å². The van der Waals surface area contributed by atoms with E-state index in [4.69, 9.17) is 5.73 Å². The smallest absolute Gasteiger partial charge is 0.0258 e. The van der Waals surface area contributed by atoms with Gasteiger partial charge in [0, 0.05) is 11.3 Å². The summed E-state index contributed by atoms with van der Waals surface area (Å²) < 4.78 is 0. The van der Waals surface area contributed by atoms with E-state index in [-0.39, 0.29) is 5.54 Å². The van der Waals surface area contributed by atoms with Gasteiger partial charge in [-0.2, -0.15) is 11.8 Å². The van der Waals surface area contributed by atoms with Gasteiger partial charge < -0.3 is 10.6 Å². The average Bonchev–Trinajstić information content (AvgIpc) is 2.69. The van der Waals surface area contributed by atoms with Crippen LogP contribution in [0.15, 0.2) is 0 Å². The van der Waals surface area contributed by atoms with Gasteiger partial charge in [-0.05, 0) is 57.5 Å². The zero-order valence-electron chi connectivity index (χ0n) is 9.00. The molecule has 0 aromatic carbocycles. The van der Waals surface area contributed by atoms with Crippen molar-refractivity contribution in [3.05, 3.63) is 0 Å². The Morgan fingerprint density at radius 2 is 2.00 bits per heavy atom. The summed E-state index contributed by atoms with van der Waals surface area (Å²) in [5.74, 6) is 2.50. The van der Waals surface area contributed by atoms with Crippen molar-refractivity contribution in [2.45, 2.75) is 37.6 Å². The third-order valence-electron chi connectivity index (χ3n) is 3.48. The minimum absolute atomic E-state index is 0.158. The largest absolute Gasteiger partial charge is 0.324 e. The maximum Gasteiger partial charge on any atom is 0.0258 e. The van der Waals surface area contributed by atoms with Crippen molar-refractivity contribution in [3.8, 4) is 0 Å². The number of likely N-dealkylation sites (tertiary alicyclic amines) is 1. The highest BCUT2D eigenvalue weighted by Gasteiger charge is 2.28. The molecule has 0 bridgehead atoms. The molecule has 2 heterocycles. The Balaban J connectivity index is 1.72. The lowest BCUT2D eigenvalue weighted by Gasteiger charge is -2.34. The minimum Gasteiger partial charge on any atom is -0.324 e. The Morgan fingerprint density at radius 1 is 1.21 bits per heavy atom. The highest BCUT2D eigenvalue weighted by atomic mass is 32.2. The highest BCUT2D eigenvalue weighted by Crippen LogP contribution is 2.27. The lowest BCUT2D eigenvalue weighted by molar-refractivity contribution is 0.281. The SMILES string of the molecule is NC1(CCN2CCCC2)CCCSC1. The molecule has 0 amide bonds. The summed E-state index contributed by atoms with van der Waals surface area (Å²) in [5.41, 5.74) is 6.55. The van der Waals surface area contributed by atoms with Gasteiger partial charge >= 0.3 is 0 Å². The van der Waals surface area contributed by atoms with Gasteiger partial charge in [-0.15, -0.1) is 0 Å². The summed E-state index contributed by atoms with van der Waals surface area (Å²) >= 11 is 2.04. The van der Waals surface area contributed by atoms with Gasteiger partial charge in [-0.25, -0.2) is 0 Å². The molecule has 0 spiro atoms. The molecule has 2 nitrogen and oxygen atoms in total. The predicted octanol–water partition coefficient (Wildman–Crippen LogP) is 1.70. The minimum atomic E-state index is 0.158. The Morgan fingerprint density at radius 3 is 2.64 bits per heavy atom. The van der Waals surface area contributed by atoms with E-state index in [0.29, 0.717) is 0 Å². The normalized spacial score (nSPS) is 34.9. The molecule has 2 rings (SSSR count). The molecule has 3 heteroatoms. The van der Waals surface area contributed by atoms with Crippen LogP contribution in [0.1, 0.15) is 32.1 Å². The first-order chi connectivity index (χ1) is 6.79. The van der Waals surface area contributed by atoms with Gasteiger partial charge in [-0.1, -0.05) is 0 Å². The van der Waals surface area contributed by atoms with Gasteiger partial charge in [0.2, 0.25) is 0 Å². The standard InChI is InChI=1S/C11H22N2S/c12-11(4-3-9-14-10-11)5-8-13-6-1-2-7-13/h1-10,12H2. The van der Waals surface area contributed by atoms with Crippen molar-refractivity contribution < 1.29 is 0 Å². The molecule has 0 radical (unpaired) electrons. The van der Waals surface area contributed by atoms with Crippen LogP contribution in [-0.2, 0) is 0 Å². The van der Waals surface area contributed by atoms with E-state index in [1.54, 1.807) is 0 Å². The quantitative estimate of drug-likeness (QED) is 0.775. The topological polar surface area (TPSA) is 29.3 Å². The van der Waals surface area contributed by atoms with Crippen molar-refractivity contribution >= 4 is 11.8 Å². The number of rotatable bonds is 3. The van der Waals surface area contributed by atoms with Gasteiger partial charge in [0.25, 0.3) is 0 Å². The lowest BCUT2D eigenvalue weighted by Crippen LogP contribution is -2.47. The van der Waals surface area contributed by atoms with Crippen LogP contribution in [0.3, 0.4) is 0 Å². The molecule has 1 atom stereocenters. The van der Waals surface area contributed by atoms with Gasteiger partial charge in [0.1, 0.15) is 0 Å². The molecule has 2 aliphatic heterocycles. The summed E-state index contributed by atoms with van der Waals surface area (Å²) in [6.07, 6.45) is 6.56. The summed E-state index contributed by atoms with van der Waals surface area (Å²) in [7, 11) is 0. The Labute approximate surface area is 91.6 Å². The van der Waals surface area contributed by atoms with Gasteiger partial charge in [0.15, 0.2) is 0 Å². The maximum absolute atomic E-state index is 6.39. The van der Waals surface area contributed by atoms with E-state index in [9.17, 15) is 0 Å². The number of hydrogen-bond acceptors (Lipinski definition) is 3. The van der Waals surface area contributed by atoms with Crippen LogP contribution in [0.4, 0.5) is 0 Å². The molecule has 2 aliphatic rings. The number of hydrogen-bond donors (Lipinski definition) is 1. The van der Waals surface area contributed by atoms with Crippen molar-refractivity contribution in [1.82, 2.24) is 4.90 Å². The molecular formula is C11H22N2S. The van der Waals surface area contributed by atoms with E-state index in [2.05, 4.69) is 4.90 Å².